The SMILES string of the molecule is C1=C(OC2=C(OC(c3ccccc3)C3CO3)CCC2)CCC1. The van der Waals surface area contributed by atoms with Crippen molar-refractivity contribution in [2.75, 3.05) is 6.61 Å². The first kappa shape index (κ1) is 13.9. The molecule has 1 fully saturated rings. The van der Waals surface area contributed by atoms with Crippen molar-refractivity contribution in [2.45, 2.75) is 50.7 Å². The minimum absolute atomic E-state index is 0.00884. The van der Waals surface area contributed by atoms with Gasteiger partial charge in [-0.05, 0) is 30.9 Å². The molecule has 0 aromatic heterocycles. The average molecular weight is 298 g/mol. The summed E-state index contributed by atoms with van der Waals surface area (Å²) < 4.78 is 17.9. The van der Waals surface area contributed by atoms with Crippen LogP contribution in [0.1, 0.15) is 50.2 Å². The van der Waals surface area contributed by atoms with Gasteiger partial charge in [0.25, 0.3) is 0 Å². The summed E-state index contributed by atoms with van der Waals surface area (Å²) >= 11 is 0. The van der Waals surface area contributed by atoms with Crippen LogP contribution < -0.4 is 0 Å². The summed E-state index contributed by atoms with van der Waals surface area (Å²) in [7, 11) is 0. The lowest BCUT2D eigenvalue weighted by Gasteiger charge is -2.20. The highest BCUT2D eigenvalue weighted by Gasteiger charge is 2.37. The van der Waals surface area contributed by atoms with Crippen molar-refractivity contribution in [2.24, 2.45) is 0 Å². The molecular formula is C19H22O3. The van der Waals surface area contributed by atoms with Crippen molar-refractivity contribution in [1.82, 2.24) is 0 Å². The molecule has 0 amide bonds. The molecule has 2 aliphatic carbocycles. The number of hydrogen-bond donors (Lipinski definition) is 0. The van der Waals surface area contributed by atoms with E-state index in [-0.39, 0.29) is 12.2 Å². The van der Waals surface area contributed by atoms with E-state index in [1.54, 1.807) is 0 Å². The third-order valence-electron chi connectivity index (χ3n) is 4.47. The van der Waals surface area contributed by atoms with Crippen molar-refractivity contribution >= 4 is 0 Å². The number of ether oxygens (including phenoxy) is 3. The molecule has 3 heteroatoms. The zero-order valence-corrected chi connectivity index (χ0v) is 12.8. The fourth-order valence-corrected chi connectivity index (χ4v) is 3.20. The second-order valence-corrected chi connectivity index (χ2v) is 6.19. The molecule has 0 bridgehead atoms. The number of hydrogen-bond acceptors (Lipinski definition) is 3. The van der Waals surface area contributed by atoms with Crippen LogP contribution in [0.4, 0.5) is 0 Å². The van der Waals surface area contributed by atoms with E-state index in [1.807, 2.05) is 6.07 Å². The summed E-state index contributed by atoms with van der Waals surface area (Å²) in [5.41, 5.74) is 1.18. The van der Waals surface area contributed by atoms with Gasteiger partial charge in [0, 0.05) is 19.3 Å². The Balaban J connectivity index is 1.51. The molecule has 4 rings (SSSR count). The maximum absolute atomic E-state index is 6.35. The Morgan fingerprint density at radius 3 is 2.55 bits per heavy atom. The molecule has 1 aromatic rings. The van der Waals surface area contributed by atoms with Crippen LogP contribution >= 0.6 is 0 Å². The summed E-state index contributed by atoms with van der Waals surface area (Å²) in [6.07, 6.45) is 8.87. The summed E-state index contributed by atoms with van der Waals surface area (Å²) in [5, 5.41) is 0. The molecule has 1 heterocycles. The van der Waals surface area contributed by atoms with Crippen LogP contribution in [0.5, 0.6) is 0 Å². The van der Waals surface area contributed by atoms with Gasteiger partial charge in [-0.25, -0.2) is 0 Å². The van der Waals surface area contributed by atoms with E-state index in [0.29, 0.717) is 0 Å². The topological polar surface area (TPSA) is 31.0 Å². The molecule has 1 aliphatic heterocycles. The molecule has 1 saturated heterocycles. The maximum Gasteiger partial charge on any atom is 0.152 e. The lowest BCUT2D eigenvalue weighted by atomic mass is 10.1. The molecule has 2 atom stereocenters. The van der Waals surface area contributed by atoms with E-state index in [1.165, 1.54) is 12.0 Å². The van der Waals surface area contributed by atoms with Gasteiger partial charge in [-0.3, -0.25) is 0 Å². The quantitative estimate of drug-likeness (QED) is 0.718. The molecule has 1 aromatic carbocycles. The van der Waals surface area contributed by atoms with Gasteiger partial charge in [0.1, 0.15) is 17.6 Å². The van der Waals surface area contributed by atoms with E-state index < -0.39 is 0 Å². The summed E-state index contributed by atoms with van der Waals surface area (Å²) in [6.45, 7) is 0.786. The summed E-state index contributed by atoms with van der Waals surface area (Å²) in [6, 6.07) is 10.4. The van der Waals surface area contributed by atoms with Crippen molar-refractivity contribution in [3.63, 3.8) is 0 Å². The highest BCUT2D eigenvalue weighted by molar-refractivity contribution is 5.22. The Morgan fingerprint density at radius 1 is 1.00 bits per heavy atom. The highest BCUT2D eigenvalue weighted by atomic mass is 16.6. The standard InChI is InChI=1S/C19H22O3/c1-2-7-14(8-3-1)19(18-13-20-18)22-17-12-6-11-16(17)21-15-9-4-5-10-15/h1-3,7-9,18-19H,4-6,10-13H2. The number of rotatable bonds is 6. The monoisotopic (exact) mass is 298 g/mol. The van der Waals surface area contributed by atoms with Crippen molar-refractivity contribution < 1.29 is 14.2 Å². The van der Waals surface area contributed by atoms with E-state index in [2.05, 4.69) is 30.3 Å². The van der Waals surface area contributed by atoms with Crippen molar-refractivity contribution in [3.05, 3.63) is 59.2 Å². The number of allylic oxidation sites excluding steroid dienone is 4. The van der Waals surface area contributed by atoms with Gasteiger partial charge < -0.3 is 14.2 Å². The fraction of sp³-hybridized carbons (Fsp3) is 0.474. The van der Waals surface area contributed by atoms with Crippen LogP contribution in [0, 0.1) is 0 Å². The fourth-order valence-electron chi connectivity index (χ4n) is 3.20. The molecule has 0 spiro atoms. The molecule has 22 heavy (non-hydrogen) atoms. The van der Waals surface area contributed by atoms with E-state index >= 15 is 0 Å². The molecule has 0 radical (unpaired) electrons. The smallest absolute Gasteiger partial charge is 0.152 e. The van der Waals surface area contributed by atoms with Gasteiger partial charge in [0.2, 0.25) is 0 Å². The minimum atomic E-state index is -0.00884. The molecule has 0 saturated carbocycles. The van der Waals surface area contributed by atoms with E-state index in [9.17, 15) is 0 Å². The first-order chi connectivity index (χ1) is 10.9. The van der Waals surface area contributed by atoms with Crippen LogP contribution in [0.15, 0.2) is 53.7 Å². The lowest BCUT2D eigenvalue weighted by Crippen LogP contribution is -2.11. The molecule has 116 valence electrons. The minimum Gasteiger partial charge on any atom is -0.484 e. The second-order valence-electron chi connectivity index (χ2n) is 6.19. The Morgan fingerprint density at radius 2 is 1.82 bits per heavy atom. The Bertz CT molecular complexity index is 584. The van der Waals surface area contributed by atoms with Gasteiger partial charge in [-0.15, -0.1) is 0 Å². The number of benzene rings is 1. The van der Waals surface area contributed by atoms with Crippen LogP contribution in [-0.4, -0.2) is 12.7 Å². The maximum atomic E-state index is 6.35. The molecule has 3 nitrogen and oxygen atoms in total. The zero-order valence-electron chi connectivity index (χ0n) is 12.8. The van der Waals surface area contributed by atoms with Gasteiger partial charge >= 0.3 is 0 Å². The summed E-state index contributed by atoms with van der Waals surface area (Å²) in [4.78, 5) is 0. The predicted octanol–water partition coefficient (Wildman–Crippen LogP) is 4.62. The third-order valence-corrected chi connectivity index (χ3v) is 4.47. The molecular weight excluding hydrogens is 276 g/mol. The van der Waals surface area contributed by atoms with Crippen LogP contribution in [0.25, 0.3) is 0 Å². The van der Waals surface area contributed by atoms with E-state index in [0.717, 1.165) is 56.0 Å². The lowest BCUT2D eigenvalue weighted by molar-refractivity contribution is 0.0749. The van der Waals surface area contributed by atoms with Crippen molar-refractivity contribution in [1.29, 1.82) is 0 Å². The van der Waals surface area contributed by atoms with Gasteiger partial charge in [-0.1, -0.05) is 30.3 Å². The molecule has 3 aliphatic rings. The average Bonchev–Trinajstić information content (AvgIpc) is 3.09. The zero-order chi connectivity index (χ0) is 14.8. The Hall–Kier alpha value is -1.74. The normalized spacial score (nSPS) is 25.1. The van der Waals surface area contributed by atoms with Gasteiger partial charge in [-0.2, -0.15) is 0 Å². The highest BCUT2D eigenvalue weighted by Crippen LogP contribution is 2.38. The van der Waals surface area contributed by atoms with Crippen LogP contribution in [-0.2, 0) is 14.2 Å². The third kappa shape index (κ3) is 3.05. The molecule has 0 N–H and O–H groups in total. The number of epoxide rings is 1. The van der Waals surface area contributed by atoms with Gasteiger partial charge in [0.15, 0.2) is 6.10 Å². The largest absolute Gasteiger partial charge is 0.484 e. The van der Waals surface area contributed by atoms with Crippen molar-refractivity contribution in [3.8, 4) is 0 Å². The summed E-state index contributed by atoms with van der Waals surface area (Å²) in [5.74, 6) is 3.18. The first-order valence-corrected chi connectivity index (χ1v) is 8.32. The van der Waals surface area contributed by atoms with E-state index in [4.69, 9.17) is 14.2 Å². The second kappa shape index (κ2) is 6.17. The Kier molecular flexibility index (Phi) is 3.90. The molecule has 2 unspecified atom stereocenters. The van der Waals surface area contributed by atoms with Gasteiger partial charge in [0.05, 0.1) is 12.4 Å². The predicted molar refractivity (Wildman–Crippen MR) is 83.9 cm³/mol. The van der Waals surface area contributed by atoms with Crippen LogP contribution in [0.2, 0.25) is 0 Å². The Labute approximate surface area is 131 Å². The van der Waals surface area contributed by atoms with Crippen LogP contribution in [0.3, 0.4) is 0 Å². The first-order valence-electron chi connectivity index (χ1n) is 8.32.